The first-order valence-electron chi connectivity index (χ1n) is 5.05. The Balaban J connectivity index is 2.22. The van der Waals surface area contributed by atoms with Gasteiger partial charge in [0.25, 0.3) is 0 Å². The summed E-state index contributed by atoms with van der Waals surface area (Å²) in [6.07, 6.45) is 4.67. The molecular formula is C9H13N5O2S. The van der Waals surface area contributed by atoms with Gasteiger partial charge < -0.3 is 5.73 Å². The molecule has 0 bridgehead atoms. The van der Waals surface area contributed by atoms with Crippen LogP contribution in [0.15, 0.2) is 18.6 Å². The van der Waals surface area contributed by atoms with Crippen molar-refractivity contribution in [3.8, 4) is 0 Å². The van der Waals surface area contributed by atoms with Crippen molar-refractivity contribution in [2.45, 2.75) is 12.5 Å². The predicted octanol–water partition coefficient (Wildman–Crippen LogP) is -0.441. The van der Waals surface area contributed by atoms with Crippen molar-refractivity contribution in [3.63, 3.8) is 0 Å². The molecule has 0 saturated heterocycles. The maximum Gasteiger partial charge on any atom is 0.163 e. The largest absolute Gasteiger partial charge is 0.321 e. The molecule has 0 radical (unpaired) electrons. The molecule has 92 valence electrons. The summed E-state index contributed by atoms with van der Waals surface area (Å²) in [5.74, 6) is 0.556. The number of rotatable bonds is 4. The zero-order valence-corrected chi connectivity index (χ0v) is 10.1. The normalized spacial score (nSPS) is 14.0. The summed E-state index contributed by atoms with van der Waals surface area (Å²) in [6, 6.07) is 1.24. The van der Waals surface area contributed by atoms with Crippen LogP contribution < -0.4 is 5.73 Å². The van der Waals surface area contributed by atoms with Crippen molar-refractivity contribution in [2.75, 3.05) is 12.0 Å². The van der Waals surface area contributed by atoms with Crippen LogP contribution in [0.3, 0.4) is 0 Å². The lowest BCUT2D eigenvalue weighted by Crippen LogP contribution is -2.18. The van der Waals surface area contributed by atoms with Gasteiger partial charge in [0.15, 0.2) is 11.5 Å². The molecule has 2 aromatic heterocycles. The minimum absolute atomic E-state index is 0.0311. The van der Waals surface area contributed by atoms with Crippen LogP contribution in [0.4, 0.5) is 0 Å². The Kier molecular flexibility index (Phi) is 3.07. The number of hydrogen-bond acceptors (Lipinski definition) is 6. The fraction of sp³-hybridized carbons (Fsp3) is 0.444. The highest BCUT2D eigenvalue weighted by atomic mass is 32.2. The van der Waals surface area contributed by atoms with Crippen LogP contribution in [-0.4, -0.2) is 40.0 Å². The standard InChI is InChI=1S/C9H13N5O2S/c1-17(15,16)5-3-7(10)9-13-12-8-2-4-11-6-14(8)9/h2,4,6-7H,3,5,10H2,1H3. The zero-order chi connectivity index (χ0) is 12.5. The summed E-state index contributed by atoms with van der Waals surface area (Å²) in [4.78, 5) is 3.95. The molecule has 0 saturated carbocycles. The van der Waals surface area contributed by atoms with Crippen LogP contribution in [0.5, 0.6) is 0 Å². The van der Waals surface area contributed by atoms with Crippen LogP contribution >= 0.6 is 0 Å². The van der Waals surface area contributed by atoms with Crippen LogP contribution in [0.25, 0.3) is 5.65 Å². The zero-order valence-electron chi connectivity index (χ0n) is 9.31. The third-order valence-electron chi connectivity index (χ3n) is 2.37. The van der Waals surface area contributed by atoms with E-state index in [-0.39, 0.29) is 5.75 Å². The SMILES string of the molecule is CS(=O)(=O)CCC(N)c1nnc2ccncn12. The number of sulfone groups is 1. The van der Waals surface area contributed by atoms with Crippen LogP contribution in [0.2, 0.25) is 0 Å². The molecule has 0 spiro atoms. The highest BCUT2D eigenvalue weighted by molar-refractivity contribution is 7.90. The van der Waals surface area contributed by atoms with Gasteiger partial charge >= 0.3 is 0 Å². The van der Waals surface area contributed by atoms with Crippen LogP contribution in [-0.2, 0) is 9.84 Å². The maximum absolute atomic E-state index is 11.1. The highest BCUT2D eigenvalue weighted by Gasteiger charge is 2.15. The second kappa shape index (κ2) is 4.38. The number of fused-ring (bicyclic) bond motifs is 1. The molecule has 1 unspecified atom stereocenters. The molecule has 0 aliphatic heterocycles. The van der Waals surface area contributed by atoms with Crippen molar-refractivity contribution in [3.05, 3.63) is 24.4 Å². The van der Waals surface area contributed by atoms with Gasteiger partial charge in [0, 0.05) is 18.5 Å². The van der Waals surface area contributed by atoms with Crippen molar-refractivity contribution in [1.29, 1.82) is 0 Å². The first-order valence-corrected chi connectivity index (χ1v) is 7.11. The van der Waals surface area contributed by atoms with Gasteiger partial charge in [-0.3, -0.25) is 4.40 Å². The molecule has 2 rings (SSSR count). The van der Waals surface area contributed by atoms with E-state index in [4.69, 9.17) is 5.73 Å². The topological polar surface area (TPSA) is 103 Å². The van der Waals surface area contributed by atoms with E-state index in [2.05, 4.69) is 15.2 Å². The minimum atomic E-state index is -3.02. The van der Waals surface area contributed by atoms with E-state index in [0.29, 0.717) is 17.9 Å². The average molecular weight is 255 g/mol. The summed E-state index contributed by atoms with van der Waals surface area (Å²) in [5.41, 5.74) is 6.54. The number of hydrogen-bond donors (Lipinski definition) is 1. The van der Waals surface area contributed by atoms with Gasteiger partial charge in [0.1, 0.15) is 16.2 Å². The Labute approximate surface area is 98.6 Å². The molecule has 0 fully saturated rings. The minimum Gasteiger partial charge on any atom is -0.321 e. The van der Waals surface area contributed by atoms with E-state index in [1.54, 1.807) is 23.0 Å². The lowest BCUT2D eigenvalue weighted by molar-refractivity contribution is 0.584. The molecule has 1 atom stereocenters. The lowest BCUT2D eigenvalue weighted by atomic mass is 10.2. The van der Waals surface area contributed by atoms with Crippen LogP contribution in [0, 0.1) is 0 Å². The Hall–Kier alpha value is -1.54. The van der Waals surface area contributed by atoms with Gasteiger partial charge in [-0.2, -0.15) is 0 Å². The second-order valence-corrected chi connectivity index (χ2v) is 6.15. The first-order chi connectivity index (χ1) is 7.97. The number of nitrogens with two attached hydrogens (primary N) is 1. The van der Waals surface area contributed by atoms with E-state index in [1.807, 2.05) is 0 Å². The van der Waals surface area contributed by atoms with Crippen LogP contribution in [0.1, 0.15) is 18.3 Å². The fourth-order valence-corrected chi connectivity index (χ4v) is 2.17. The number of aromatic nitrogens is 4. The van der Waals surface area contributed by atoms with E-state index >= 15 is 0 Å². The van der Waals surface area contributed by atoms with Gasteiger partial charge in [0.2, 0.25) is 0 Å². The van der Waals surface area contributed by atoms with E-state index in [1.165, 1.54) is 6.26 Å². The second-order valence-electron chi connectivity index (χ2n) is 3.89. The van der Waals surface area contributed by atoms with Gasteiger partial charge in [-0.15, -0.1) is 10.2 Å². The van der Waals surface area contributed by atoms with Gasteiger partial charge in [-0.25, -0.2) is 13.4 Å². The fourth-order valence-electron chi connectivity index (χ4n) is 1.49. The molecule has 0 aromatic carbocycles. The van der Waals surface area contributed by atoms with E-state index in [0.717, 1.165) is 0 Å². The summed E-state index contributed by atoms with van der Waals surface area (Å²) >= 11 is 0. The van der Waals surface area contributed by atoms with Gasteiger partial charge in [-0.05, 0) is 6.42 Å². The molecule has 17 heavy (non-hydrogen) atoms. The Morgan fingerprint density at radius 3 is 2.94 bits per heavy atom. The maximum atomic E-state index is 11.1. The third-order valence-corrected chi connectivity index (χ3v) is 3.35. The molecule has 0 amide bonds. The molecule has 0 aliphatic rings. The smallest absolute Gasteiger partial charge is 0.163 e. The molecule has 2 heterocycles. The van der Waals surface area contributed by atoms with Crippen molar-refractivity contribution in [2.24, 2.45) is 5.73 Å². The molecule has 8 heteroatoms. The molecule has 0 aliphatic carbocycles. The van der Waals surface area contributed by atoms with Gasteiger partial charge in [-0.1, -0.05) is 0 Å². The lowest BCUT2D eigenvalue weighted by Gasteiger charge is -2.08. The number of nitrogens with zero attached hydrogens (tertiary/aromatic N) is 4. The molecule has 7 nitrogen and oxygen atoms in total. The Morgan fingerprint density at radius 2 is 2.24 bits per heavy atom. The average Bonchev–Trinajstić information content (AvgIpc) is 2.68. The predicted molar refractivity (Wildman–Crippen MR) is 62.0 cm³/mol. The van der Waals surface area contributed by atoms with Crippen molar-refractivity contribution in [1.82, 2.24) is 19.6 Å². The highest BCUT2D eigenvalue weighted by Crippen LogP contribution is 2.13. The van der Waals surface area contributed by atoms with Crippen molar-refractivity contribution >= 4 is 15.5 Å². The van der Waals surface area contributed by atoms with Gasteiger partial charge in [0.05, 0.1) is 11.8 Å². The summed E-state index contributed by atoms with van der Waals surface area (Å²) in [6.45, 7) is 0. The molecule has 2 aromatic rings. The Bertz CT molecular complexity index is 621. The Morgan fingerprint density at radius 1 is 1.47 bits per heavy atom. The molecule has 2 N–H and O–H groups in total. The quantitative estimate of drug-likeness (QED) is 0.794. The summed E-state index contributed by atoms with van der Waals surface area (Å²) in [7, 11) is -3.02. The monoisotopic (exact) mass is 255 g/mol. The van der Waals surface area contributed by atoms with Crippen molar-refractivity contribution < 1.29 is 8.42 Å². The summed E-state index contributed by atoms with van der Waals surface area (Å²) in [5, 5.41) is 7.88. The molecular weight excluding hydrogens is 242 g/mol. The first kappa shape index (κ1) is 11.9. The third kappa shape index (κ3) is 2.77. The van der Waals surface area contributed by atoms with E-state index < -0.39 is 15.9 Å². The van der Waals surface area contributed by atoms with E-state index in [9.17, 15) is 8.42 Å². The summed E-state index contributed by atoms with van der Waals surface area (Å²) < 4.78 is 23.8.